The molecule has 2 amide bonds. The average molecular weight is 440 g/mol. The van der Waals surface area contributed by atoms with E-state index >= 15 is 0 Å². The zero-order chi connectivity index (χ0) is 23.3. The number of rotatable bonds is 9. The van der Waals surface area contributed by atoms with E-state index in [-0.39, 0.29) is 24.9 Å². The van der Waals surface area contributed by atoms with Crippen molar-refractivity contribution < 1.29 is 29.3 Å². The van der Waals surface area contributed by atoms with Gasteiger partial charge in [0.05, 0.1) is 6.61 Å². The minimum absolute atomic E-state index is 0.0408. The Balaban J connectivity index is 1.61. The highest BCUT2D eigenvalue weighted by molar-refractivity contribution is 5.89. The summed E-state index contributed by atoms with van der Waals surface area (Å²) in [6.45, 7) is 3.04. The van der Waals surface area contributed by atoms with E-state index in [0.717, 1.165) is 22.3 Å². The van der Waals surface area contributed by atoms with E-state index < -0.39 is 36.7 Å². The second-order valence-electron chi connectivity index (χ2n) is 8.23. The van der Waals surface area contributed by atoms with Gasteiger partial charge in [-0.2, -0.15) is 0 Å². The van der Waals surface area contributed by atoms with Crippen LogP contribution in [-0.2, 0) is 14.3 Å². The molecule has 0 bridgehead atoms. The number of aliphatic hydroxyl groups excluding tert-OH is 1. The molecular formula is C24H28N2O6. The first-order valence-electron chi connectivity index (χ1n) is 10.6. The first-order valence-corrected chi connectivity index (χ1v) is 10.6. The summed E-state index contributed by atoms with van der Waals surface area (Å²) in [6.07, 6.45) is -0.638. The normalized spacial score (nSPS) is 14.2. The lowest BCUT2D eigenvalue weighted by Crippen LogP contribution is -2.53. The van der Waals surface area contributed by atoms with Crippen molar-refractivity contribution in [2.45, 2.75) is 38.3 Å². The van der Waals surface area contributed by atoms with E-state index in [1.54, 1.807) is 0 Å². The van der Waals surface area contributed by atoms with Gasteiger partial charge in [-0.15, -0.1) is 0 Å². The molecule has 0 saturated heterocycles. The van der Waals surface area contributed by atoms with Crippen LogP contribution < -0.4 is 10.6 Å². The van der Waals surface area contributed by atoms with Crippen LogP contribution in [0.15, 0.2) is 48.5 Å². The molecule has 0 saturated carbocycles. The largest absolute Gasteiger partial charge is 0.480 e. The Bertz CT molecular complexity index is 944. The molecule has 0 fully saturated rings. The first-order chi connectivity index (χ1) is 15.3. The number of amides is 2. The molecule has 4 N–H and O–H groups in total. The van der Waals surface area contributed by atoms with E-state index in [2.05, 4.69) is 10.6 Å². The zero-order valence-electron chi connectivity index (χ0n) is 18.1. The third-order valence-corrected chi connectivity index (χ3v) is 5.46. The Morgan fingerprint density at radius 1 is 0.938 bits per heavy atom. The SMILES string of the molecule is CC(C)C[C@H](NC(=O)[C@H](CO)NC(=O)OCC1c2ccccc2-c2ccccc21)C(=O)O. The van der Waals surface area contributed by atoms with E-state index in [0.29, 0.717) is 0 Å². The van der Waals surface area contributed by atoms with Crippen LogP contribution in [0.25, 0.3) is 11.1 Å². The smallest absolute Gasteiger partial charge is 0.407 e. The van der Waals surface area contributed by atoms with Crippen LogP contribution in [0.1, 0.15) is 37.3 Å². The molecule has 32 heavy (non-hydrogen) atoms. The number of carbonyl (C=O) groups is 3. The lowest BCUT2D eigenvalue weighted by Gasteiger charge is -2.21. The van der Waals surface area contributed by atoms with Crippen LogP contribution in [0.4, 0.5) is 4.79 Å². The Morgan fingerprint density at radius 2 is 1.50 bits per heavy atom. The molecule has 0 spiro atoms. The van der Waals surface area contributed by atoms with Crippen molar-refractivity contribution in [2.75, 3.05) is 13.2 Å². The molecule has 2 atom stereocenters. The number of carboxylic acid groups (broad SMARTS) is 1. The summed E-state index contributed by atoms with van der Waals surface area (Å²) in [5.41, 5.74) is 4.29. The van der Waals surface area contributed by atoms with Gasteiger partial charge >= 0.3 is 12.1 Å². The lowest BCUT2D eigenvalue weighted by atomic mass is 9.98. The first kappa shape index (κ1) is 23.3. The van der Waals surface area contributed by atoms with Crippen molar-refractivity contribution in [1.82, 2.24) is 10.6 Å². The summed E-state index contributed by atoms with van der Waals surface area (Å²) in [4.78, 5) is 36.1. The van der Waals surface area contributed by atoms with Gasteiger partial charge in [0.1, 0.15) is 18.7 Å². The molecule has 1 aliphatic rings. The zero-order valence-corrected chi connectivity index (χ0v) is 18.1. The molecule has 2 aromatic rings. The van der Waals surface area contributed by atoms with Crippen LogP contribution in [0.3, 0.4) is 0 Å². The number of benzene rings is 2. The Hall–Kier alpha value is -3.39. The van der Waals surface area contributed by atoms with Gasteiger partial charge in [0.2, 0.25) is 5.91 Å². The Morgan fingerprint density at radius 3 is 2.00 bits per heavy atom. The van der Waals surface area contributed by atoms with Crippen molar-refractivity contribution in [3.8, 4) is 11.1 Å². The molecule has 0 heterocycles. The topological polar surface area (TPSA) is 125 Å². The van der Waals surface area contributed by atoms with Gasteiger partial charge < -0.3 is 25.6 Å². The number of fused-ring (bicyclic) bond motifs is 3. The van der Waals surface area contributed by atoms with Crippen molar-refractivity contribution in [3.05, 3.63) is 59.7 Å². The van der Waals surface area contributed by atoms with E-state index in [1.165, 1.54) is 0 Å². The molecule has 0 aromatic heterocycles. The highest BCUT2D eigenvalue weighted by atomic mass is 16.5. The predicted octanol–water partition coefficient (Wildman–Crippen LogP) is 2.50. The van der Waals surface area contributed by atoms with Crippen LogP contribution in [-0.4, -0.2) is 53.5 Å². The highest BCUT2D eigenvalue weighted by Gasteiger charge is 2.30. The lowest BCUT2D eigenvalue weighted by molar-refractivity contribution is -0.142. The standard InChI is InChI=1S/C24H28N2O6/c1-14(2)11-20(23(29)30)25-22(28)21(12-27)26-24(31)32-13-19-17-9-5-3-7-15(17)16-8-4-6-10-18(16)19/h3-10,14,19-21,27H,11-13H2,1-2H3,(H,25,28)(H,26,31)(H,29,30)/t20-,21-/m0/s1. The number of ether oxygens (including phenoxy) is 1. The van der Waals surface area contributed by atoms with Crippen molar-refractivity contribution in [3.63, 3.8) is 0 Å². The maximum absolute atomic E-state index is 12.4. The van der Waals surface area contributed by atoms with E-state index in [9.17, 15) is 24.6 Å². The predicted molar refractivity (Wildman–Crippen MR) is 118 cm³/mol. The summed E-state index contributed by atoms with van der Waals surface area (Å²) in [7, 11) is 0. The van der Waals surface area contributed by atoms with Gasteiger partial charge in [0.15, 0.2) is 0 Å². The van der Waals surface area contributed by atoms with E-state index in [4.69, 9.17) is 4.74 Å². The number of nitrogens with one attached hydrogen (secondary N) is 2. The van der Waals surface area contributed by atoms with Gasteiger partial charge in [-0.25, -0.2) is 9.59 Å². The molecule has 8 heteroatoms. The van der Waals surface area contributed by atoms with Gasteiger partial charge in [-0.05, 0) is 34.6 Å². The molecule has 0 unspecified atom stereocenters. The molecule has 2 aromatic carbocycles. The molecule has 3 rings (SSSR count). The van der Waals surface area contributed by atoms with Gasteiger partial charge in [-0.1, -0.05) is 62.4 Å². The fourth-order valence-electron chi connectivity index (χ4n) is 3.94. The maximum atomic E-state index is 12.4. The molecule has 170 valence electrons. The summed E-state index contributed by atoms with van der Waals surface area (Å²) >= 11 is 0. The van der Waals surface area contributed by atoms with Gasteiger partial charge in [0.25, 0.3) is 0 Å². The molecule has 0 radical (unpaired) electrons. The average Bonchev–Trinajstić information content (AvgIpc) is 3.09. The second kappa shape index (κ2) is 10.3. The number of alkyl carbamates (subject to hydrolysis) is 1. The number of hydrogen-bond donors (Lipinski definition) is 4. The van der Waals surface area contributed by atoms with Gasteiger partial charge in [0, 0.05) is 5.92 Å². The summed E-state index contributed by atoms with van der Waals surface area (Å²) in [5.74, 6) is -2.06. The number of aliphatic carboxylic acids is 1. The summed E-state index contributed by atoms with van der Waals surface area (Å²) in [6, 6.07) is 13.4. The van der Waals surface area contributed by atoms with Crippen molar-refractivity contribution in [1.29, 1.82) is 0 Å². The molecule has 8 nitrogen and oxygen atoms in total. The third kappa shape index (κ3) is 5.26. The molecule has 0 aliphatic heterocycles. The minimum Gasteiger partial charge on any atom is -0.480 e. The summed E-state index contributed by atoms with van der Waals surface area (Å²) < 4.78 is 5.38. The number of aliphatic hydroxyl groups is 1. The van der Waals surface area contributed by atoms with Crippen LogP contribution in [0, 0.1) is 5.92 Å². The number of carboxylic acids is 1. The minimum atomic E-state index is -1.32. The maximum Gasteiger partial charge on any atom is 0.407 e. The molecule has 1 aliphatic carbocycles. The molecular weight excluding hydrogens is 412 g/mol. The van der Waals surface area contributed by atoms with Crippen LogP contribution in [0.5, 0.6) is 0 Å². The van der Waals surface area contributed by atoms with Crippen LogP contribution >= 0.6 is 0 Å². The Labute approximate surface area is 186 Å². The fourth-order valence-corrected chi connectivity index (χ4v) is 3.94. The summed E-state index contributed by atoms with van der Waals surface area (Å²) in [5, 5.41) is 23.5. The third-order valence-electron chi connectivity index (χ3n) is 5.46. The van der Waals surface area contributed by atoms with E-state index in [1.807, 2.05) is 62.4 Å². The fraction of sp³-hybridized carbons (Fsp3) is 0.375. The number of carbonyl (C=O) groups excluding carboxylic acids is 2. The van der Waals surface area contributed by atoms with Crippen LogP contribution in [0.2, 0.25) is 0 Å². The monoisotopic (exact) mass is 440 g/mol. The van der Waals surface area contributed by atoms with Crippen molar-refractivity contribution in [2.24, 2.45) is 5.92 Å². The second-order valence-corrected chi connectivity index (χ2v) is 8.23. The highest BCUT2D eigenvalue weighted by Crippen LogP contribution is 2.44. The van der Waals surface area contributed by atoms with Crippen molar-refractivity contribution >= 4 is 18.0 Å². The van der Waals surface area contributed by atoms with Gasteiger partial charge in [-0.3, -0.25) is 4.79 Å². The Kier molecular flexibility index (Phi) is 7.48. The quantitative estimate of drug-likeness (QED) is 0.475. The number of hydrogen-bond acceptors (Lipinski definition) is 5.